The molecule has 2 bridgehead atoms. The number of Topliss-reactive ketones (excluding diaryl/α,β-unsaturated/α-hetero) is 1. The van der Waals surface area contributed by atoms with Crippen LogP contribution in [0.1, 0.15) is 59.9 Å². The number of carboxylic acids is 2. The predicted molar refractivity (Wildman–Crippen MR) is 124 cm³/mol. The standard InChI is InChI=1S/C17H20O4S.C8H6O4/c1-16(2)14-8-9-17(16,3)15(18)13(14)10-11-4-6-12(7-5-11)22(19,20)21;9-7(10)5-3-1-2-4-6(5)8(11)12/h4-7,10,14H,8-9H2,1-3H3,(H,19,20,21);1-4H,(H,9,10)(H,11,12). The fourth-order valence-corrected chi connectivity index (χ4v) is 5.35. The van der Waals surface area contributed by atoms with E-state index in [0.717, 1.165) is 24.0 Å². The van der Waals surface area contributed by atoms with Gasteiger partial charge in [0, 0.05) is 5.41 Å². The van der Waals surface area contributed by atoms with Gasteiger partial charge < -0.3 is 10.2 Å². The highest BCUT2D eigenvalue weighted by Crippen LogP contribution is 2.65. The van der Waals surface area contributed by atoms with E-state index in [1.807, 2.05) is 6.08 Å². The van der Waals surface area contributed by atoms with Gasteiger partial charge in [-0.1, -0.05) is 45.0 Å². The number of ketones is 1. The monoisotopic (exact) mass is 486 g/mol. The van der Waals surface area contributed by atoms with Crippen LogP contribution in [0.15, 0.2) is 59.0 Å². The third-order valence-corrected chi connectivity index (χ3v) is 8.12. The van der Waals surface area contributed by atoms with Crippen molar-refractivity contribution in [2.75, 3.05) is 0 Å². The molecule has 9 heteroatoms. The lowest BCUT2D eigenvalue weighted by Crippen LogP contribution is -2.32. The summed E-state index contributed by atoms with van der Waals surface area (Å²) < 4.78 is 31.1. The molecule has 0 saturated heterocycles. The van der Waals surface area contributed by atoms with Crippen molar-refractivity contribution in [3.8, 4) is 0 Å². The molecule has 180 valence electrons. The van der Waals surface area contributed by atoms with Gasteiger partial charge in [0.2, 0.25) is 0 Å². The number of aromatic carboxylic acids is 2. The first kappa shape index (κ1) is 25.3. The van der Waals surface area contributed by atoms with Gasteiger partial charge in [0.25, 0.3) is 10.1 Å². The molecule has 2 aromatic rings. The number of carbonyl (C=O) groups is 3. The number of carbonyl (C=O) groups excluding carboxylic acids is 1. The van der Waals surface area contributed by atoms with E-state index >= 15 is 0 Å². The first-order valence-corrected chi connectivity index (χ1v) is 12.0. The van der Waals surface area contributed by atoms with Crippen molar-refractivity contribution in [1.82, 2.24) is 0 Å². The molecule has 4 rings (SSSR count). The highest BCUT2D eigenvalue weighted by atomic mass is 32.2. The van der Waals surface area contributed by atoms with E-state index in [1.165, 1.54) is 36.4 Å². The lowest BCUT2D eigenvalue weighted by atomic mass is 9.70. The quantitative estimate of drug-likeness (QED) is 0.425. The zero-order valence-electron chi connectivity index (χ0n) is 19.0. The number of hydrogen-bond acceptors (Lipinski definition) is 5. The van der Waals surface area contributed by atoms with Crippen LogP contribution >= 0.6 is 0 Å². The Morgan fingerprint density at radius 1 is 0.941 bits per heavy atom. The lowest BCUT2D eigenvalue weighted by Gasteiger charge is -2.31. The van der Waals surface area contributed by atoms with Crippen molar-refractivity contribution in [2.24, 2.45) is 16.7 Å². The molecule has 2 aliphatic carbocycles. The fraction of sp³-hybridized carbons (Fsp3) is 0.320. The third-order valence-electron chi connectivity index (χ3n) is 7.25. The van der Waals surface area contributed by atoms with E-state index in [-0.39, 0.29) is 38.6 Å². The van der Waals surface area contributed by atoms with Crippen molar-refractivity contribution in [3.05, 3.63) is 70.8 Å². The van der Waals surface area contributed by atoms with Crippen molar-refractivity contribution in [1.29, 1.82) is 0 Å². The van der Waals surface area contributed by atoms with Crippen LogP contribution in [0, 0.1) is 16.7 Å². The van der Waals surface area contributed by atoms with Gasteiger partial charge in [-0.15, -0.1) is 0 Å². The molecular weight excluding hydrogens is 460 g/mol. The molecule has 2 saturated carbocycles. The van der Waals surface area contributed by atoms with Crippen molar-refractivity contribution in [3.63, 3.8) is 0 Å². The van der Waals surface area contributed by atoms with Crippen molar-refractivity contribution < 1.29 is 37.6 Å². The minimum Gasteiger partial charge on any atom is -0.478 e. The Bertz CT molecular complexity index is 1260. The van der Waals surface area contributed by atoms with Gasteiger partial charge in [0.1, 0.15) is 0 Å². The van der Waals surface area contributed by atoms with Crippen LogP contribution in [0.5, 0.6) is 0 Å². The Kier molecular flexibility index (Phi) is 6.56. The Morgan fingerprint density at radius 3 is 1.82 bits per heavy atom. The minimum atomic E-state index is -4.18. The summed E-state index contributed by atoms with van der Waals surface area (Å²) in [5, 5.41) is 17.1. The summed E-state index contributed by atoms with van der Waals surface area (Å²) in [5.74, 6) is -1.99. The molecule has 2 fully saturated rings. The van der Waals surface area contributed by atoms with Gasteiger partial charge in [-0.25, -0.2) is 9.59 Å². The van der Waals surface area contributed by atoms with Gasteiger partial charge in [-0.05, 0) is 65.7 Å². The number of benzene rings is 2. The zero-order valence-corrected chi connectivity index (χ0v) is 19.8. The molecule has 3 N–H and O–H groups in total. The summed E-state index contributed by atoms with van der Waals surface area (Å²) in [5.41, 5.74) is 0.915. The number of rotatable bonds is 4. The third kappa shape index (κ3) is 4.41. The van der Waals surface area contributed by atoms with Gasteiger partial charge >= 0.3 is 11.9 Å². The van der Waals surface area contributed by atoms with Gasteiger partial charge in [0.05, 0.1) is 16.0 Å². The molecule has 2 atom stereocenters. The molecule has 0 aromatic heterocycles. The average Bonchev–Trinajstić information content (AvgIpc) is 3.07. The summed E-state index contributed by atoms with van der Waals surface area (Å²) in [6, 6.07) is 11.4. The van der Waals surface area contributed by atoms with Gasteiger partial charge in [-0.3, -0.25) is 9.35 Å². The van der Waals surface area contributed by atoms with Crippen LogP contribution < -0.4 is 0 Å². The smallest absolute Gasteiger partial charge is 0.336 e. The van der Waals surface area contributed by atoms with E-state index in [9.17, 15) is 22.8 Å². The Morgan fingerprint density at radius 2 is 1.44 bits per heavy atom. The Balaban J connectivity index is 0.000000229. The van der Waals surface area contributed by atoms with Crippen LogP contribution in [0.25, 0.3) is 6.08 Å². The molecule has 2 unspecified atom stereocenters. The molecule has 0 radical (unpaired) electrons. The van der Waals surface area contributed by atoms with Crippen molar-refractivity contribution in [2.45, 2.75) is 38.5 Å². The second kappa shape index (κ2) is 8.81. The molecule has 0 heterocycles. The number of fused-ring (bicyclic) bond motifs is 2. The van der Waals surface area contributed by atoms with Gasteiger partial charge in [0.15, 0.2) is 5.78 Å². The summed E-state index contributed by atoms with van der Waals surface area (Å²) in [4.78, 5) is 33.5. The predicted octanol–water partition coefficient (Wildman–Crippen LogP) is 4.42. The molecule has 34 heavy (non-hydrogen) atoms. The summed E-state index contributed by atoms with van der Waals surface area (Å²) in [6.45, 7) is 6.37. The highest BCUT2D eigenvalue weighted by Gasteiger charge is 2.63. The maximum atomic E-state index is 12.7. The largest absolute Gasteiger partial charge is 0.478 e. The summed E-state index contributed by atoms with van der Waals surface area (Å²) in [7, 11) is -4.18. The van der Waals surface area contributed by atoms with E-state index in [4.69, 9.17) is 14.8 Å². The maximum absolute atomic E-state index is 12.7. The Hall–Kier alpha value is -3.30. The van der Waals surface area contributed by atoms with E-state index in [0.29, 0.717) is 0 Å². The fourth-order valence-electron chi connectivity index (χ4n) is 4.87. The summed E-state index contributed by atoms with van der Waals surface area (Å²) >= 11 is 0. The molecular formula is C25H26O8S. The van der Waals surface area contributed by atoms with Gasteiger partial charge in [-0.2, -0.15) is 8.42 Å². The minimum absolute atomic E-state index is 0.0374. The van der Waals surface area contributed by atoms with Crippen molar-refractivity contribution >= 4 is 33.9 Å². The molecule has 0 amide bonds. The van der Waals surface area contributed by atoms with Crippen LogP contribution in [0.2, 0.25) is 0 Å². The van der Waals surface area contributed by atoms with E-state index < -0.39 is 22.1 Å². The van der Waals surface area contributed by atoms with Crippen LogP contribution in [0.3, 0.4) is 0 Å². The Labute approximate surface area is 197 Å². The van der Waals surface area contributed by atoms with Crippen LogP contribution in [-0.2, 0) is 14.9 Å². The molecule has 0 spiro atoms. The van der Waals surface area contributed by atoms with Crippen LogP contribution in [-0.4, -0.2) is 40.9 Å². The average molecular weight is 487 g/mol. The molecule has 8 nitrogen and oxygen atoms in total. The first-order valence-electron chi connectivity index (χ1n) is 10.6. The molecule has 0 aliphatic heterocycles. The lowest BCUT2D eigenvalue weighted by molar-refractivity contribution is -0.125. The maximum Gasteiger partial charge on any atom is 0.336 e. The normalized spacial score (nSPS) is 23.9. The van der Waals surface area contributed by atoms with Crippen LogP contribution in [0.4, 0.5) is 0 Å². The second-order valence-electron chi connectivity index (χ2n) is 9.27. The molecule has 2 aromatic carbocycles. The number of hydrogen-bond donors (Lipinski definition) is 3. The zero-order chi connectivity index (χ0) is 25.5. The molecule has 2 aliphatic rings. The van der Waals surface area contributed by atoms with E-state index in [2.05, 4.69) is 20.8 Å². The number of allylic oxidation sites excluding steroid dienone is 1. The first-order chi connectivity index (χ1) is 15.7. The van der Waals surface area contributed by atoms with E-state index in [1.54, 1.807) is 12.1 Å². The summed E-state index contributed by atoms with van der Waals surface area (Å²) in [6.07, 6.45) is 3.82. The topological polar surface area (TPSA) is 146 Å². The highest BCUT2D eigenvalue weighted by molar-refractivity contribution is 7.85. The SMILES string of the molecule is CC12CCC(C(=Cc3ccc(S(=O)(=O)O)cc3)C1=O)C2(C)C.O=C(O)c1ccccc1C(=O)O. The second-order valence-corrected chi connectivity index (χ2v) is 10.7. The number of carboxylic acid groups (broad SMARTS) is 2.